The standard InChI is InChI=1S/C20H27Cl2N7O2/c1-11-6-14(19(31)27-13-4-3-5-20(21,22)7-13)29(12(11)2)15(30)8-28-10-26-16-17(23)24-9-25-18(16)28/h9-14H,3-8H2,1-2H3,(H,27,31)(H2,23,24,25)/t11-,12-,13?,14+/m1/s1. The van der Waals surface area contributed by atoms with Gasteiger partial charge in [-0.25, -0.2) is 15.0 Å². The lowest BCUT2D eigenvalue weighted by Crippen LogP contribution is -2.52. The van der Waals surface area contributed by atoms with Crippen LogP contribution in [-0.4, -0.2) is 58.7 Å². The Morgan fingerprint density at radius 1 is 1.29 bits per heavy atom. The van der Waals surface area contributed by atoms with E-state index in [9.17, 15) is 9.59 Å². The number of nitrogens with one attached hydrogen (secondary N) is 1. The number of nitrogens with zero attached hydrogens (tertiary/aromatic N) is 5. The average Bonchev–Trinajstić information content (AvgIpc) is 3.23. The van der Waals surface area contributed by atoms with Crippen LogP contribution in [0.3, 0.4) is 0 Å². The van der Waals surface area contributed by atoms with Crippen molar-refractivity contribution >= 4 is 52.0 Å². The van der Waals surface area contributed by atoms with Crippen molar-refractivity contribution in [1.29, 1.82) is 0 Å². The molecule has 0 radical (unpaired) electrons. The van der Waals surface area contributed by atoms with Crippen molar-refractivity contribution in [3.05, 3.63) is 12.7 Å². The van der Waals surface area contributed by atoms with Crippen LogP contribution in [0.5, 0.6) is 0 Å². The predicted octanol–water partition coefficient (Wildman–Crippen LogP) is 2.27. The number of likely N-dealkylation sites (tertiary alicyclic amines) is 1. The number of carbonyl (C=O) groups excluding carboxylic acids is 2. The van der Waals surface area contributed by atoms with Gasteiger partial charge >= 0.3 is 0 Å². The number of nitrogens with two attached hydrogens (primary N) is 1. The largest absolute Gasteiger partial charge is 0.382 e. The van der Waals surface area contributed by atoms with Gasteiger partial charge in [0.15, 0.2) is 11.5 Å². The highest BCUT2D eigenvalue weighted by atomic mass is 35.5. The molecule has 31 heavy (non-hydrogen) atoms. The third-order valence-corrected chi connectivity index (χ3v) is 7.19. The van der Waals surface area contributed by atoms with Crippen LogP contribution in [-0.2, 0) is 16.1 Å². The van der Waals surface area contributed by atoms with E-state index in [1.54, 1.807) is 9.47 Å². The summed E-state index contributed by atoms with van der Waals surface area (Å²) in [6.07, 6.45) is 6.40. The molecule has 0 bridgehead atoms. The molecule has 1 unspecified atom stereocenters. The van der Waals surface area contributed by atoms with Crippen molar-refractivity contribution in [3.63, 3.8) is 0 Å². The van der Waals surface area contributed by atoms with Crippen LogP contribution in [0.4, 0.5) is 5.82 Å². The first-order chi connectivity index (χ1) is 14.7. The number of aromatic nitrogens is 4. The Hall–Kier alpha value is -2.13. The smallest absolute Gasteiger partial charge is 0.243 e. The van der Waals surface area contributed by atoms with E-state index in [0.29, 0.717) is 24.0 Å². The number of carbonyl (C=O) groups is 2. The number of imidazole rings is 1. The third kappa shape index (κ3) is 4.43. The average molecular weight is 468 g/mol. The summed E-state index contributed by atoms with van der Waals surface area (Å²) in [5, 5.41) is 3.08. The highest BCUT2D eigenvalue weighted by molar-refractivity contribution is 6.48. The van der Waals surface area contributed by atoms with Crippen molar-refractivity contribution in [3.8, 4) is 0 Å². The third-order valence-electron chi connectivity index (χ3n) is 6.51. The van der Waals surface area contributed by atoms with Crippen molar-refractivity contribution in [1.82, 2.24) is 29.7 Å². The number of hydrogen-bond acceptors (Lipinski definition) is 6. The molecule has 168 valence electrons. The summed E-state index contributed by atoms with van der Waals surface area (Å²) in [5.74, 6) is 0.145. The fourth-order valence-electron chi connectivity index (χ4n) is 4.69. The molecule has 2 aromatic heterocycles. The summed E-state index contributed by atoms with van der Waals surface area (Å²) < 4.78 is 0.824. The van der Waals surface area contributed by atoms with Crippen molar-refractivity contribution in [2.24, 2.45) is 5.92 Å². The Balaban J connectivity index is 1.50. The maximum Gasteiger partial charge on any atom is 0.243 e. The molecule has 1 aliphatic carbocycles. The molecule has 1 aliphatic heterocycles. The normalized spacial score (nSPS) is 28.1. The second kappa shape index (κ2) is 8.43. The zero-order chi connectivity index (χ0) is 22.3. The van der Waals surface area contributed by atoms with Gasteiger partial charge in [-0.3, -0.25) is 9.59 Å². The molecule has 2 fully saturated rings. The Morgan fingerprint density at radius 3 is 2.81 bits per heavy atom. The van der Waals surface area contributed by atoms with Gasteiger partial charge in [0.2, 0.25) is 11.8 Å². The SMILES string of the molecule is C[C@@H]1C[C@@H](C(=O)NC2CCCC(Cl)(Cl)C2)N(C(=O)Cn2cnc3c(N)ncnc32)[C@@H]1C. The topological polar surface area (TPSA) is 119 Å². The van der Waals surface area contributed by atoms with E-state index in [1.807, 2.05) is 6.92 Å². The summed E-state index contributed by atoms with van der Waals surface area (Å²) in [7, 11) is 0. The summed E-state index contributed by atoms with van der Waals surface area (Å²) in [6, 6.07) is -0.685. The van der Waals surface area contributed by atoms with Gasteiger partial charge in [0, 0.05) is 18.5 Å². The minimum atomic E-state index is -0.811. The van der Waals surface area contributed by atoms with Crippen molar-refractivity contribution < 1.29 is 9.59 Å². The van der Waals surface area contributed by atoms with Crippen LogP contribution in [0.1, 0.15) is 46.0 Å². The lowest BCUT2D eigenvalue weighted by molar-refractivity contribution is -0.141. The summed E-state index contributed by atoms with van der Waals surface area (Å²) in [4.78, 5) is 40.5. The Morgan fingerprint density at radius 2 is 2.06 bits per heavy atom. The highest BCUT2D eigenvalue weighted by Gasteiger charge is 2.44. The van der Waals surface area contributed by atoms with Gasteiger partial charge < -0.3 is 20.5 Å². The number of amides is 2. The zero-order valence-electron chi connectivity index (χ0n) is 17.6. The molecule has 2 aromatic rings. The van der Waals surface area contributed by atoms with Gasteiger partial charge in [-0.1, -0.05) is 6.92 Å². The molecule has 11 heteroatoms. The highest BCUT2D eigenvalue weighted by Crippen LogP contribution is 2.38. The van der Waals surface area contributed by atoms with Gasteiger partial charge in [-0.15, -0.1) is 23.2 Å². The molecule has 4 atom stereocenters. The maximum absolute atomic E-state index is 13.3. The lowest BCUT2D eigenvalue weighted by atomic mass is 9.94. The fraction of sp³-hybridized carbons (Fsp3) is 0.650. The van der Waals surface area contributed by atoms with E-state index in [-0.39, 0.29) is 42.2 Å². The van der Waals surface area contributed by atoms with Crippen LogP contribution in [0.15, 0.2) is 12.7 Å². The molecule has 3 N–H and O–H groups in total. The molecule has 1 saturated heterocycles. The van der Waals surface area contributed by atoms with E-state index >= 15 is 0 Å². The molecule has 9 nitrogen and oxygen atoms in total. The number of rotatable bonds is 4. The lowest BCUT2D eigenvalue weighted by Gasteiger charge is -2.34. The fourth-order valence-corrected chi connectivity index (χ4v) is 5.33. The second-order valence-corrected chi connectivity index (χ2v) is 10.4. The van der Waals surface area contributed by atoms with E-state index in [1.165, 1.54) is 12.7 Å². The zero-order valence-corrected chi connectivity index (χ0v) is 19.1. The molecule has 2 amide bonds. The number of halogens is 2. The number of hydrogen-bond donors (Lipinski definition) is 2. The van der Waals surface area contributed by atoms with Gasteiger partial charge in [0.1, 0.15) is 28.8 Å². The van der Waals surface area contributed by atoms with Crippen molar-refractivity contribution in [2.75, 3.05) is 5.73 Å². The monoisotopic (exact) mass is 467 g/mol. The molecular formula is C20H27Cl2N7O2. The van der Waals surface area contributed by atoms with Crippen LogP contribution in [0.25, 0.3) is 11.2 Å². The first-order valence-electron chi connectivity index (χ1n) is 10.6. The number of nitrogen functional groups attached to an aromatic ring is 1. The second-order valence-electron chi connectivity index (χ2n) is 8.73. The minimum Gasteiger partial charge on any atom is -0.382 e. The Bertz CT molecular complexity index is 995. The minimum absolute atomic E-state index is 0.0176. The van der Waals surface area contributed by atoms with Crippen LogP contribution < -0.4 is 11.1 Å². The van der Waals surface area contributed by atoms with Gasteiger partial charge in [-0.2, -0.15) is 0 Å². The predicted molar refractivity (Wildman–Crippen MR) is 118 cm³/mol. The Labute approximate surface area is 190 Å². The molecular weight excluding hydrogens is 441 g/mol. The van der Waals surface area contributed by atoms with Crippen LogP contribution >= 0.6 is 23.2 Å². The van der Waals surface area contributed by atoms with E-state index < -0.39 is 10.4 Å². The first-order valence-corrected chi connectivity index (χ1v) is 11.3. The van der Waals surface area contributed by atoms with Gasteiger partial charge in [0.05, 0.1) is 6.33 Å². The van der Waals surface area contributed by atoms with Crippen LogP contribution in [0, 0.1) is 5.92 Å². The molecule has 0 spiro atoms. The molecule has 2 aliphatic rings. The molecule has 3 heterocycles. The van der Waals surface area contributed by atoms with Crippen LogP contribution in [0.2, 0.25) is 0 Å². The summed E-state index contributed by atoms with van der Waals surface area (Å²) in [5.41, 5.74) is 6.78. The molecule has 1 saturated carbocycles. The maximum atomic E-state index is 13.3. The molecule has 0 aromatic carbocycles. The van der Waals surface area contributed by atoms with Gasteiger partial charge in [-0.05, 0) is 38.5 Å². The summed E-state index contributed by atoms with van der Waals surface area (Å²) in [6.45, 7) is 4.05. The van der Waals surface area contributed by atoms with Gasteiger partial charge in [0.25, 0.3) is 0 Å². The van der Waals surface area contributed by atoms with E-state index in [0.717, 1.165) is 19.3 Å². The number of anilines is 1. The van der Waals surface area contributed by atoms with E-state index in [4.69, 9.17) is 28.9 Å². The number of alkyl halides is 2. The quantitative estimate of drug-likeness (QED) is 0.665. The molecule has 4 rings (SSSR count). The summed E-state index contributed by atoms with van der Waals surface area (Å²) >= 11 is 12.6. The number of fused-ring (bicyclic) bond motifs is 1. The Kier molecular flexibility index (Phi) is 6.00. The van der Waals surface area contributed by atoms with E-state index in [2.05, 4.69) is 27.2 Å². The first kappa shape index (κ1) is 22.1. The van der Waals surface area contributed by atoms with Crippen molar-refractivity contribution in [2.45, 2.75) is 75.0 Å².